The Morgan fingerprint density at radius 2 is 2.15 bits per heavy atom. The van der Waals surface area contributed by atoms with Crippen LogP contribution < -0.4 is 4.74 Å². The van der Waals surface area contributed by atoms with E-state index in [1.807, 2.05) is 36.0 Å². The van der Waals surface area contributed by atoms with Gasteiger partial charge in [-0.1, -0.05) is 13.3 Å². The second-order valence-corrected chi connectivity index (χ2v) is 10.3. The van der Waals surface area contributed by atoms with Gasteiger partial charge in [-0.15, -0.1) is 0 Å². The molecule has 0 spiro atoms. The van der Waals surface area contributed by atoms with Gasteiger partial charge < -0.3 is 19.8 Å². The van der Waals surface area contributed by atoms with Crippen LogP contribution in [0.2, 0.25) is 0 Å². The molecule has 1 aliphatic heterocycles. The Morgan fingerprint density at radius 3 is 2.91 bits per heavy atom. The van der Waals surface area contributed by atoms with Crippen molar-refractivity contribution in [3.8, 4) is 5.75 Å². The number of benzene rings is 1. The summed E-state index contributed by atoms with van der Waals surface area (Å²) in [6.07, 6.45) is 6.25. The molecule has 0 amide bonds. The van der Waals surface area contributed by atoms with Crippen LogP contribution in [0.4, 0.5) is 0 Å². The third kappa shape index (κ3) is 7.59. The van der Waals surface area contributed by atoms with Gasteiger partial charge in [0.1, 0.15) is 5.75 Å². The number of hydrogen-bond acceptors (Lipinski definition) is 6. The standard InChI is InChI=1S/C26H38N2O4S/c1-3-4-14-33-15-13-28-12-10-19(20(18-28)16-26(30)31)5-8-25(29)22-9-11-27-24-7-6-21(32-2)17-23(22)24/h6-7,9,11,17,19-20,25,29H,3-5,8,10,12-16,18H2,1-2H3,(H,30,31)/t19-,20+,25?/m1/s1. The van der Waals surface area contributed by atoms with Crippen LogP contribution >= 0.6 is 11.8 Å². The van der Waals surface area contributed by atoms with Crippen LogP contribution in [0.3, 0.4) is 0 Å². The van der Waals surface area contributed by atoms with E-state index in [2.05, 4.69) is 16.8 Å². The Kier molecular flexibility index (Phi) is 10.3. The molecule has 1 unspecified atom stereocenters. The molecule has 2 heterocycles. The summed E-state index contributed by atoms with van der Waals surface area (Å²) in [4.78, 5) is 18.4. The zero-order valence-electron chi connectivity index (χ0n) is 19.9. The fourth-order valence-corrected chi connectivity index (χ4v) is 5.91. The first-order chi connectivity index (χ1) is 16.0. The number of carboxylic acid groups (broad SMARTS) is 1. The lowest BCUT2D eigenvalue weighted by Gasteiger charge is -2.38. The van der Waals surface area contributed by atoms with Gasteiger partial charge in [-0.25, -0.2) is 0 Å². The molecule has 1 aliphatic rings. The highest BCUT2D eigenvalue weighted by Crippen LogP contribution is 2.34. The van der Waals surface area contributed by atoms with Crippen molar-refractivity contribution in [3.05, 3.63) is 36.0 Å². The number of rotatable bonds is 13. The summed E-state index contributed by atoms with van der Waals surface area (Å²) in [7, 11) is 1.63. The summed E-state index contributed by atoms with van der Waals surface area (Å²) in [6.45, 7) is 5.11. The van der Waals surface area contributed by atoms with Crippen LogP contribution in [-0.4, -0.2) is 64.3 Å². The number of ether oxygens (including phenoxy) is 1. The van der Waals surface area contributed by atoms with E-state index < -0.39 is 12.1 Å². The van der Waals surface area contributed by atoms with Crippen LogP contribution in [-0.2, 0) is 4.79 Å². The normalized spacial score (nSPS) is 20.1. The van der Waals surface area contributed by atoms with Crippen LogP contribution in [0.15, 0.2) is 30.5 Å². The van der Waals surface area contributed by atoms with Gasteiger partial charge in [-0.3, -0.25) is 9.78 Å². The first-order valence-corrected chi connectivity index (χ1v) is 13.3. The quantitative estimate of drug-likeness (QED) is 0.395. The van der Waals surface area contributed by atoms with Gasteiger partial charge in [0.2, 0.25) is 0 Å². The van der Waals surface area contributed by atoms with Crippen LogP contribution in [0.5, 0.6) is 5.75 Å². The number of piperidine rings is 1. The molecule has 0 radical (unpaired) electrons. The molecule has 182 valence electrons. The van der Waals surface area contributed by atoms with E-state index in [1.165, 1.54) is 18.6 Å². The number of thioether (sulfide) groups is 1. The number of likely N-dealkylation sites (tertiary alicyclic amines) is 1. The zero-order chi connectivity index (χ0) is 23.6. The molecule has 6 nitrogen and oxygen atoms in total. The average molecular weight is 475 g/mol. The predicted molar refractivity (Wildman–Crippen MR) is 135 cm³/mol. The SMILES string of the molecule is CCCCSCCN1CC[C@@H](CCC(O)c2ccnc3ccc(OC)cc23)[C@@H](CC(=O)O)C1. The van der Waals surface area contributed by atoms with Gasteiger partial charge in [0.15, 0.2) is 0 Å². The van der Waals surface area contributed by atoms with Crippen molar-refractivity contribution in [1.82, 2.24) is 9.88 Å². The lowest BCUT2D eigenvalue weighted by atomic mass is 9.79. The van der Waals surface area contributed by atoms with E-state index in [9.17, 15) is 15.0 Å². The van der Waals surface area contributed by atoms with E-state index in [-0.39, 0.29) is 12.3 Å². The second kappa shape index (κ2) is 13.2. The van der Waals surface area contributed by atoms with Crippen molar-refractivity contribution in [3.63, 3.8) is 0 Å². The maximum absolute atomic E-state index is 11.5. The van der Waals surface area contributed by atoms with Crippen LogP contribution in [0.1, 0.15) is 57.1 Å². The molecule has 2 N–H and O–H groups in total. The molecule has 1 saturated heterocycles. The Bertz CT molecular complexity index is 894. The first-order valence-electron chi connectivity index (χ1n) is 12.1. The number of methoxy groups -OCH3 is 1. The molecular formula is C26H38N2O4S. The number of hydrogen-bond donors (Lipinski definition) is 2. The van der Waals surface area contributed by atoms with E-state index in [0.717, 1.165) is 60.4 Å². The fourth-order valence-electron chi connectivity index (χ4n) is 4.83. The van der Waals surface area contributed by atoms with Gasteiger partial charge in [0, 0.05) is 36.8 Å². The minimum atomic E-state index is -0.725. The Labute approximate surface area is 201 Å². The topological polar surface area (TPSA) is 82.9 Å². The highest BCUT2D eigenvalue weighted by Gasteiger charge is 2.31. The Balaban J connectivity index is 1.59. The highest BCUT2D eigenvalue weighted by molar-refractivity contribution is 7.99. The molecule has 3 atom stereocenters. The maximum Gasteiger partial charge on any atom is 0.303 e. The van der Waals surface area contributed by atoms with E-state index >= 15 is 0 Å². The molecule has 33 heavy (non-hydrogen) atoms. The first kappa shape index (κ1) is 25.8. The summed E-state index contributed by atoms with van der Waals surface area (Å²) in [5.74, 6) is 2.80. The molecule has 1 aromatic heterocycles. The number of nitrogens with zero attached hydrogens (tertiary/aromatic N) is 2. The predicted octanol–water partition coefficient (Wildman–Crippen LogP) is 5.00. The molecular weight excluding hydrogens is 436 g/mol. The average Bonchev–Trinajstić information content (AvgIpc) is 2.82. The fraction of sp³-hybridized carbons (Fsp3) is 0.615. The number of unbranched alkanes of at least 4 members (excludes halogenated alkanes) is 1. The number of aliphatic carboxylic acids is 1. The summed E-state index contributed by atoms with van der Waals surface area (Å²) in [6, 6.07) is 7.58. The van der Waals surface area contributed by atoms with Crippen molar-refractivity contribution in [2.75, 3.05) is 38.2 Å². The number of aromatic nitrogens is 1. The number of aliphatic hydroxyl groups is 1. The molecule has 2 aromatic rings. The van der Waals surface area contributed by atoms with Crippen molar-refractivity contribution in [1.29, 1.82) is 0 Å². The van der Waals surface area contributed by atoms with Gasteiger partial charge in [0.05, 0.1) is 18.7 Å². The van der Waals surface area contributed by atoms with E-state index in [0.29, 0.717) is 12.3 Å². The van der Waals surface area contributed by atoms with Crippen LogP contribution in [0, 0.1) is 11.8 Å². The number of pyridine rings is 1. The number of carboxylic acids is 1. The molecule has 3 rings (SSSR count). The van der Waals surface area contributed by atoms with Crippen molar-refractivity contribution < 1.29 is 19.7 Å². The van der Waals surface area contributed by atoms with Crippen molar-refractivity contribution in [2.24, 2.45) is 11.8 Å². The molecule has 1 fully saturated rings. The lowest BCUT2D eigenvalue weighted by Crippen LogP contribution is -2.42. The van der Waals surface area contributed by atoms with Crippen molar-refractivity contribution in [2.45, 2.75) is 51.6 Å². The minimum absolute atomic E-state index is 0.137. The second-order valence-electron chi connectivity index (χ2n) is 9.05. The largest absolute Gasteiger partial charge is 0.497 e. The lowest BCUT2D eigenvalue weighted by molar-refractivity contribution is -0.139. The maximum atomic E-state index is 11.5. The van der Waals surface area contributed by atoms with Gasteiger partial charge >= 0.3 is 5.97 Å². The third-order valence-electron chi connectivity index (χ3n) is 6.76. The number of aliphatic hydroxyl groups excluding tert-OH is 1. The highest BCUT2D eigenvalue weighted by atomic mass is 32.2. The smallest absolute Gasteiger partial charge is 0.303 e. The summed E-state index contributed by atoms with van der Waals surface area (Å²) < 4.78 is 5.35. The molecule has 0 aliphatic carbocycles. The summed E-state index contributed by atoms with van der Waals surface area (Å²) in [5, 5.41) is 21.4. The van der Waals surface area contributed by atoms with E-state index in [4.69, 9.17) is 4.74 Å². The molecule has 0 saturated carbocycles. The molecule has 0 bridgehead atoms. The third-order valence-corrected chi connectivity index (χ3v) is 7.81. The molecule has 7 heteroatoms. The number of carbonyl (C=O) groups is 1. The van der Waals surface area contributed by atoms with Crippen molar-refractivity contribution >= 4 is 28.6 Å². The monoisotopic (exact) mass is 474 g/mol. The van der Waals surface area contributed by atoms with Crippen LogP contribution in [0.25, 0.3) is 10.9 Å². The Morgan fingerprint density at radius 1 is 1.30 bits per heavy atom. The van der Waals surface area contributed by atoms with Gasteiger partial charge in [-0.2, -0.15) is 11.8 Å². The zero-order valence-corrected chi connectivity index (χ0v) is 20.7. The van der Waals surface area contributed by atoms with Gasteiger partial charge in [0.25, 0.3) is 0 Å². The molecule has 1 aromatic carbocycles. The number of fused-ring (bicyclic) bond motifs is 1. The minimum Gasteiger partial charge on any atom is -0.497 e. The Hall–Kier alpha value is -1.83. The van der Waals surface area contributed by atoms with E-state index in [1.54, 1.807) is 13.3 Å². The van der Waals surface area contributed by atoms with Gasteiger partial charge in [-0.05, 0) is 79.6 Å². The summed E-state index contributed by atoms with van der Waals surface area (Å²) >= 11 is 2.00. The summed E-state index contributed by atoms with van der Waals surface area (Å²) in [5.41, 5.74) is 1.69.